The molecule has 3 aliphatic rings. The predicted molar refractivity (Wildman–Crippen MR) is 52.1 cm³/mol. The summed E-state index contributed by atoms with van der Waals surface area (Å²) in [5.74, 6) is 0.533. The number of fused-ring (bicyclic) bond motifs is 3. The second-order valence-corrected chi connectivity index (χ2v) is 4.59. The molecule has 3 atom stereocenters. The highest BCUT2D eigenvalue weighted by atomic mass is 16.2. The van der Waals surface area contributed by atoms with Crippen LogP contribution in [0.25, 0.3) is 0 Å². The minimum atomic E-state index is 0.241. The van der Waals surface area contributed by atoms with Crippen LogP contribution in [0, 0.1) is 5.92 Å². The number of nitrogens with zero attached hydrogens (tertiary/aromatic N) is 1. The van der Waals surface area contributed by atoms with Crippen LogP contribution in [0.4, 0.5) is 0 Å². The van der Waals surface area contributed by atoms with Crippen LogP contribution in [0.2, 0.25) is 0 Å². The lowest BCUT2D eigenvalue weighted by atomic mass is 9.82. The summed E-state index contributed by atoms with van der Waals surface area (Å²) in [6.45, 7) is 1.01. The summed E-state index contributed by atoms with van der Waals surface area (Å²) in [5, 5.41) is 5.40. The summed E-state index contributed by atoms with van der Waals surface area (Å²) < 4.78 is 0. The fraction of sp³-hybridized carbons (Fsp3) is 0.900. The first-order chi connectivity index (χ1) is 6.86. The van der Waals surface area contributed by atoms with Crippen LogP contribution in [0.1, 0.15) is 32.1 Å². The molecule has 2 aliphatic heterocycles. The first-order valence-electron chi connectivity index (χ1n) is 5.68. The standard InChI is InChI=1S/C10H17N3O/c14-10-7-3-1-2-4-8(7)13-9(12-10)5-6-11-13/h7-9,11H,1-6H2,(H,12,14). The predicted octanol–water partition coefficient (Wildman–Crippen LogP) is 0.211. The van der Waals surface area contributed by atoms with Crippen molar-refractivity contribution in [2.75, 3.05) is 6.54 Å². The minimum absolute atomic E-state index is 0.241. The Balaban J connectivity index is 1.85. The van der Waals surface area contributed by atoms with Gasteiger partial charge in [0.15, 0.2) is 0 Å². The van der Waals surface area contributed by atoms with Crippen molar-refractivity contribution in [2.24, 2.45) is 5.92 Å². The molecule has 0 aromatic heterocycles. The second kappa shape index (κ2) is 3.21. The molecule has 14 heavy (non-hydrogen) atoms. The number of nitrogens with one attached hydrogen (secondary N) is 2. The van der Waals surface area contributed by atoms with Crippen molar-refractivity contribution >= 4 is 5.91 Å². The maximum Gasteiger partial charge on any atom is 0.226 e. The number of rotatable bonds is 0. The molecule has 2 saturated heterocycles. The van der Waals surface area contributed by atoms with Gasteiger partial charge in [0, 0.05) is 12.6 Å². The molecule has 0 radical (unpaired) electrons. The summed E-state index contributed by atoms with van der Waals surface area (Å²) in [4.78, 5) is 11.8. The molecule has 78 valence electrons. The Morgan fingerprint density at radius 3 is 3.00 bits per heavy atom. The third-order valence-electron chi connectivity index (χ3n) is 3.78. The zero-order valence-electron chi connectivity index (χ0n) is 8.33. The lowest BCUT2D eigenvalue weighted by Crippen LogP contribution is -2.63. The van der Waals surface area contributed by atoms with E-state index in [1.54, 1.807) is 0 Å². The number of hydrogen-bond donors (Lipinski definition) is 2. The molecule has 1 amide bonds. The largest absolute Gasteiger partial charge is 0.339 e. The van der Waals surface area contributed by atoms with Gasteiger partial charge in [0.1, 0.15) is 0 Å². The van der Waals surface area contributed by atoms with E-state index < -0.39 is 0 Å². The van der Waals surface area contributed by atoms with Gasteiger partial charge >= 0.3 is 0 Å². The quantitative estimate of drug-likeness (QED) is 0.581. The fourth-order valence-corrected chi connectivity index (χ4v) is 3.09. The molecule has 0 bridgehead atoms. The van der Waals surface area contributed by atoms with Crippen molar-refractivity contribution in [1.29, 1.82) is 0 Å². The highest BCUT2D eigenvalue weighted by Gasteiger charge is 2.44. The topological polar surface area (TPSA) is 44.4 Å². The number of hydrogen-bond acceptors (Lipinski definition) is 3. The third-order valence-corrected chi connectivity index (χ3v) is 3.78. The normalized spacial score (nSPS) is 42.9. The van der Waals surface area contributed by atoms with E-state index in [4.69, 9.17) is 0 Å². The summed E-state index contributed by atoms with van der Waals surface area (Å²) in [5.41, 5.74) is 3.40. The van der Waals surface area contributed by atoms with Crippen LogP contribution in [-0.4, -0.2) is 29.7 Å². The van der Waals surface area contributed by atoms with Gasteiger partial charge in [-0.25, -0.2) is 5.01 Å². The number of amides is 1. The molecule has 1 saturated carbocycles. The number of hydrazine groups is 1. The molecule has 0 aromatic carbocycles. The molecular weight excluding hydrogens is 178 g/mol. The Hall–Kier alpha value is -0.610. The van der Waals surface area contributed by atoms with Gasteiger partial charge in [-0.3, -0.25) is 10.2 Å². The van der Waals surface area contributed by atoms with E-state index in [0.717, 1.165) is 19.4 Å². The smallest absolute Gasteiger partial charge is 0.226 e. The zero-order valence-corrected chi connectivity index (χ0v) is 8.33. The number of carbonyl (C=O) groups excluding carboxylic acids is 1. The molecule has 3 unspecified atom stereocenters. The fourth-order valence-electron chi connectivity index (χ4n) is 3.09. The summed E-state index contributed by atoms with van der Waals surface area (Å²) in [7, 11) is 0. The minimum Gasteiger partial charge on any atom is -0.339 e. The van der Waals surface area contributed by atoms with Crippen molar-refractivity contribution in [3.05, 3.63) is 0 Å². The van der Waals surface area contributed by atoms with Gasteiger partial charge in [-0.2, -0.15) is 0 Å². The average molecular weight is 195 g/mol. The molecule has 3 rings (SSSR count). The maximum absolute atomic E-state index is 11.8. The lowest BCUT2D eigenvalue weighted by Gasteiger charge is -2.44. The van der Waals surface area contributed by atoms with Crippen molar-refractivity contribution < 1.29 is 4.79 Å². The van der Waals surface area contributed by atoms with Crippen molar-refractivity contribution in [1.82, 2.24) is 15.8 Å². The van der Waals surface area contributed by atoms with E-state index in [0.29, 0.717) is 11.9 Å². The van der Waals surface area contributed by atoms with Gasteiger partial charge < -0.3 is 5.32 Å². The van der Waals surface area contributed by atoms with Crippen LogP contribution in [0.3, 0.4) is 0 Å². The number of carbonyl (C=O) groups is 1. The first-order valence-corrected chi connectivity index (χ1v) is 5.68. The van der Waals surface area contributed by atoms with Crippen LogP contribution in [-0.2, 0) is 4.79 Å². The Labute approximate surface area is 84.0 Å². The third kappa shape index (κ3) is 1.17. The van der Waals surface area contributed by atoms with E-state index >= 15 is 0 Å². The van der Waals surface area contributed by atoms with E-state index in [9.17, 15) is 4.79 Å². The van der Waals surface area contributed by atoms with Crippen molar-refractivity contribution in [2.45, 2.75) is 44.3 Å². The van der Waals surface area contributed by atoms with Crippen LogP contribution in [0.5, 0.6) is 0 Å². The molecule has 0 spiro atoms. The monoisotopic (exact) mass is 195 g/mol. The summed E-state index contributed by atoms with van der Waals surface area (Å²) >= 11 is 0. The van der Waals surface area contributed by atoms with Gasteiger partial charge in [-0.15, -0.1) is 0 Å². The molecule has 2 N–H and O–H groups in total. The summed E-state index contributed by atoms with van der Waals surface area (Å²) in [6, 6.07) is 0.463. The Bertz CT molecular complexity index is 256. The van der Waals surface area contributed by atoms with Gasteiger partial charge in [-0.1, -0.05) is 12.8 Å². The van der Waals surface area contributed by atoms with Crippen LogP contribution >= 0.6 is 0 Å². The SMILES string of the molecule is O=C1NC2CCNN2C2CCCCC12. The Morgan fingerprint density at radius 2 is 2.07 bits per heavy atom. The molecule has 4 heteroatoms. The second-order valence-electron chi connectivity index (χ2n) is 4.59. The lowest BCUT2D eigenvalue weighted by molar-refractivity contribution is -0.138. The highest BCUT2D eigenvalue weighted by molar-refractivity contribution is 5.80. The molecule has 0 aromatic rings. The van der Waals surface area contributed by atoms with E-state index in [-0.39, 0.29) is 12.1 Å². The van der Waals surface area contributed by atoms with E-state index in [1.165, 1.54) is 19.3 Å². The van der Waals surface area contributed by atoms with Gasteiger partial charge in [0.2, 0.25) is 5.91 Å². The molecule has 2 heterocycles. The average Bonchev–Trinajstić information content (AvgIpc) is 2.66. The van der Waals surface area contributed by atoms with Crippen molar-refractivity contribution in [3.8, 4) is 0 Å². The maximum atomic E-state index is 11.8. The molecular formula is C10H17N3O. The van der Waals surface area contributed by atoms with Gasteiger partial charge in [0.25, 0.3) is 0 Å². The molecule has 3 fully saturated rings. The first kappa shape index (κ1) is 8.68. The Morgan fingerprint density at radius 1 is 1.21 bits per heavy atom. The van der Waals surface area contributed by atoms with Gasteiger partial charge in [0.05, 0.1) is 12.1 Å². The van der Waals surface area contributed by atoms with Crippen molar-refractivity contribution in [3.63, 3.8) is 0 Å². The van der Waals surface area contributed by atoms with Gasteiger partial charge in [-0.05, 0) is 19.3 Å². The zero-order chi connectivity index (χ0) is 9.54. The van der Waals surface area contributed by atoms with E-state index in [1.807, 2.05) is 0 Å². The Kier molecular flexibility index (Phi) is 1.99. The molecule has 1 aliphatic carbocycles. The summed E-state index contributed by atoms with van der Waals surface area (Å²) in [6.07, 6.45) is 6.06. The van der Waals surface area contributed by atoms with Crippen LogP contribution < -0.4 is 10.7 Å². The van der Waals surface area contributed by atoms with Crippen LogP contribution in [0.15, 0.2) is 0 Å². The van der Waals surface area contributed by atoms with E-state index in [2.05, 4.69) is 15.8 Å². The molecule has 4 nitrogen and oxygen atoms in total. The highest BCUT2D eigenvalue weighted by Crippen LogP contribution is 2.33.